The number of ether oxygens (including phenoxy) is 2. The summed E-state index contributed by atoms with van der Waals surface area (Å²) in [6, 6.07) is 15.7. The first-order valence-electron chi connectivity index (χ1n) is 7.05. The second-order valence-electron chi connectivity index (χ2n) is 4.55. The molecule has 118 valence electrons. The predicted octanol–water partition coefficient (Wildman–Crippen LogP) is 3.51. The topological polar surface area (TPSA) is 72.8 Å². The molecule has 0 aliphatic rings. The zero-order valence-electron chi connectivity index (χ0n) is 12.6. The summed E-state index contributed by atoms with van der Waals surface area (Å²) in [6.07, 6.45) is 0.838. The van der Waals surface area contributed by atoms with Gasteiger partial charge in [0.05, 0.1) is 6.61 Å². The molecule has 0 saturated carbocycles. The van der Waals surface area contributed by atoms with Gasteiger partial charge in [0.1, 0.15) is 17.3 Å². The van der Waals surface area contributed by atoms with E-state index in [-0.39, 0.29) is 12.4 Å². The lowest BCUT2D eigenvalue weighted by Crippen LogP contribution is -2.15. The molecule has 0 amide bonds. The fourth-order valence-electron chi connectivity index (χ4n) is 1.79. The van der Waals surface area contributed by atoms with Crippen molar-refractivity contribution in [2.24, 2.45) is 0 Å². The van der Waals surface area contributed by atoms with E-state index in [1.54, 1.807) is 31.2 Å². The SMILES string of the molecule is CCOC(=O)C(=O)/C=C(\O)c1ccc(Oc2ccccc2)cc1. The van der Waals surface area contributed by atoms with Gasteiger partial charge in [-0.3, -0.25) is 4.79 Å². The Labute approximate surface area is 133 Å². The Balaban J connectivity index is 2.06. The maximum Gasteiger partial charge on any atom is 0.379 e. The number of aliphatic hydroxyl groups is 1. The highest BCUT2D eigenvalue weighted by atomic mass is 16.5. The maximum atomic E-state index is 11.5. The largest absolute Gasteiger partial charge is 0.507 e. The molecule has 0 bridgehead atoms. The summed E-state index contributed by atoms with van der Waals surface area (Å²) in [5.41, 5.74) is 0.392. The summed E-state index contributed by atoms with van der Waals surface area (Å²) >= 11 is 0. The van der Waals surface area contributed by atoms with Gasteiger partial charge in [0.15, 0.2) is 0 Å². The van der Waals surface area contributed by atoms with Crippen molar-refractivity contribution >= 4 is 17.5 Å². The van der Waals surface area contributed by atoms with E-state index >= 15 is 0 Å². The Morgan fingerprint density at radius 3 is 2.22 bits per heavy atom. The Morgan fingerprint density at radius 1 is 1.00 bits per heavy atom. The fourth-order valence-corrected chi connectivity index (χ4v) is 1.79. The summed E-state index contributed by atoms with van der Waals surface area (Å²) in [5.74, 6) is -0.937. The average molecular weight is 312 g/mol. The molecule has 0 radical (unpaired) electrons. The zero-order chi connectivity index (χ0) is 16.7. The van der Waals surface area contributed by atoms with Gasteiger partial charge in [0.2, 0.25) is 0 Å². The van der Waals surface area contributed by atoms with E-state index in [9.17, 15) is 14.7 Å². The molecule has 0 fully saturated rings. The summed E-state index contributed by atoms with van der Waals surface area (Å²) in [5, 5.41) is 9.88. The highest BCUT2D eigenvalue weighted by Gasteiger charge is 2.13. The number of hydrogen-bond donors (Lipinski definition) is 1. The van der Waals surface area contributed by atoms with Crippen LogP contribution in [0.3, 0.4) is 0 Å². The van der Waals surface area contributed by atoms with Crippen molar-refractivity contribution in [3.63, 3.8) is 0 Å². The van der Waals surface area contributed by atoms with Crippen molar-refractivity contribution in [1.82, 2.24) is 0 Å². The monoisotopic (exact) mass is 312 g/mol. The van der Waals surface area contributed by atoms with E-state index in [0.29, 0.717) is 17.1 Å². The molecule has 2 aromatic carbocycles. The van der Waals surface area contributed by atoms with Crippen molar-refractivity contribution in [2.75, 3.05) is 6.61 Å². The van der Waals surface area contributed by atoms with Crippen LogP contribution < -0.4 is 4.74 Å². The van der Waals surface area contributed by atoms with Crippen LogP contribution in [0, 0.1) is 0 Å². The smallest absolute Gasteiger partial charge is 0.379 e. The van der Waals surface area contributed by atoms with Crippen LogP contribution in [-0.4, -0.2) is 23.5 Å². The number of ketones is 1. The van der Waals surface area contributed by atoms with Gasteiger partial charge in [-0.1, -0.05) is 18.2 Å². The summed E-state index contributed by atoms with van der Waals surface area (Å²) in [4.78, 5) is 22.7. The van der Waals surface area contributed by atoms with Crippen molar-refractivity contribution < 1.29 is 24.2 Å². The molecule has 0 aliphatic carbocycles. The number of carbonyl (C=O) groups excluding carboxylic acids is 2. The van der Waals surface area contributed by atoms with Gasteiger partial charge in [-0.05, 0) is 43.3 Å². The Bertz CT molecular complexity index is 702. The molecule has 0 unspecified atom stereocenters. The molecule has 2 rings (SSSR count). The van der Waals surface area contributed by atoms with Gasteiger partial charge in [-0.15, -0.1) is 0 Å². The van der Waals surface area contributed by atoms with Crippen LogP contribution in [0.15, 0.2) is 60.7 Å². The van der Waals surface area contributed by atoms with Gasteiger partial charge < -0.3 is 14.6 Å². The first-order valence-corrected chi connectivity index (χ1v) is 7.05. The number of benzene rings is 2. The van der Waals surface area contributed by atoms with Gasteiger partial charge in [0.25, 0.3) is 5.78 Å². The number of hydrogen-bond acceptors (Lipinski definition) is 5. The Kier molecular flexibility index (Phi) is 5.52. The fraction of sp³-hybridized carbons (Fsp3) is 0.111. The molecule has 0 aliphatic heterocycles. The lowest BCUT2D eigenvalue weighted by molar-refractivity contribution is -0.151. The summed E-state index contributed by atoms with van der Waals surface area (Å²) in [6.45, 7) is 1.70. The number of para-hydroxylation sites is 1. The van der Waals surface area contributed by atoms with Crippen LogP contribution in [0.4, 0.5) is 0 Å². The first kappa shape index (κ1) is 16.3. The molecule has 1 N–H and O–H groups in total. The molecule has 0 heterocycles. The van der Waals surface area contributed by atoms with Crippen molar-refractivity contribution in [3.05, 3.63) is 66.2 Å². The predicted molar refractivity (Wildman–Crippen MR) is 85.2 cm³/mol. The van der Waals surface area contributed by atoms with E-state index in [4.69, 9.17) is 4.74 Å². The van der Waals surface area contributed by atoms with Gasteiger partial charge in [0, 0.05) is 11.6 Å². The third-order valence-corrected chi connectivity index (χ3v) is 2.87. The minimum Gasteiger partial charge on any atom is -0.507 e. The number of carbonyl (C=O) groups is 2. The molecular weight excluding hydrogens is 296 g/mol. The standard InChI is InChI=1S/C18H16O5/c1-2-22-18(21)17(20)12-16(19)13-8-10-15(11-9-13)23-14-6-4-3-5-7-14/h3-12,19H,2H2,1H3/b16-12-. The summed E-state index contributed by atoms with van der Waals surface area (Å²) in [7, 11) is 0. The van der Waals surface area contributed by atoms with Crippen LogP contribution in [0.2, 0.25) is 0 Å². The molecule has 5 nitrogen and oxygen atoms in total. The third kappa shape index (κ3) is 4.71. The average Bonchev–Trinajstić information content (AvgIpc) is 2.56. The van der Waals surface area contributed by atoms with E-state index in [1.165, 1.54) is 0 Å². The van der Waals surface area contributed by atoms with Crippen molar-refractivity contribution in [3.8, 4) is 11.5 Å². The van der Waals surface area contributed by atoms with E-state index in [1.807, 2.05) is 30.3 Å². The quantitative estimate of drug-likeness (QED) is 0.382. The molecule has 0 saturated heterocycles. The van der Waals surface area contributed by atoms with E-state index in [0.717, 1.165) is 6.08 Å². The lowest BCUT2D eigenvalue weighted by Gasteiger charge is -2.06. The Morgan fingerprint density at radius 2 is 1.61 bits per heavy atom. The maximum absolute atomic E-state index is 11.5. The van der Waals surface area contributed by atoms with Crippen LogP contribution >= 0.6 is 0 Å². The molecule has 0 aromatic heterocycles. The lowest BCUT2D eigenvalue weighted by atomic mass is 10.1. The number of rotatable bonds is 6. The highest BCUT2D eigenvalue weighted by molar-refractivity contribution is 6.39. The van der Waals surface area contributed by atoms with Gasteiger partial charge in [-0.2, -0.15) is 0 Å². The first-order chi connectivity index (χ1) is 11.1. The summed E-state index contributed by atoms with van der Waals surface area (Å²) < 4.78 is 10.2. The van der Waals surface area contributed by atoms with Crippen molar-refractivity contribution in [1.29, 1.82) is 0 Å². The van der Waals surface area contributed by atoms with E-state index < -0.39 is 11.8 Å². The molecular formula is C18H16O5. The molecule has 2 aromatic rings. The molecule has 5 heteroatoms. The number of esters is 1. The molecule has 0 spiro atoms. The highest BCUT2D eigenvalue weighted by Crippen LogP contribution is 2.22. The molecule has 23 heavy (non-hydrogen) atoms. The normalized spacial score (nSPS) is 10.9. The minimum atomic E-state index is -0.997. The van der Waals surface area contributed by atoms with Gasteiger partial charge in [-0.25, -0.2) is 4.79 Å². The second kappa shape index (κ2) is 7.79. The Hall–Kier alpha value is -3.08. The van der Waals surface area contributed by atoms with Crippen LogP contribution in [-0.2, 0) is 14.3 Å². The van der Waals surface area contributed by atoms with Crippen LogP contribution in [0.5, 0.6) is 11.5 Å². The van der Waals surface area contributed by atoms with Gasteiger partial charge >= 0.3 is 5.97 Å². The minimum absolute atomic E-state index is 0.102. The third-order valence-electron chi connectivity index (χ3n) is 2.87. The van der Waals surface area contributed by atoms with Crippen LogP contribution in [0.25, 0.3) is 5.76 Å². The van der Waals surface area contributed by atoms with Crippen molar-refractivity contribution in [2.45, 2.75) is 6.92 Å². The molecule has 0 atom stereocenters. The second-order valence-corrected chi connectivity index (χ2v) is 4.55. The zero-order valence-corrected chi connectivity index (χ0v) is 12.6. The number of aliphatic hydroxyl groups excluding tert-OH is 1. The van der Waals surface area contributed by atoms with Crippen LogP contribution in [0.1, 0.15) is 12.5 Å². The van der Waals surface area contributed by atoms with E-state index in [2.05, 4.69) is 4.74 Å².